The minimum Gasteiger partial charge on any atom is -0.464 e. The number of esters is 1. The molecule has 0 unspecified atom stereocenters. The quantitative estimate of drug-likeness (QED) is 0.153. The predicted octanol–water partition coefficient (Wildman–Crippen LogP) is 2.84. The van der Waals surface area contributed by atoms with Crippen molar-refractivity contribution in [2.24, 2.45) is 0 Å². The van der Waals surface area contributed by atoms with Crippen LogP contribution in [0.5, 0.6) is 11.6 Å². The van der Waals surface area contributed by atoms with Gasteiger partial charge in [-0.2, -0.15) is 4.98 Å². The number of carbonyl (C=O) groups is 1. The van der Waals surface area contributed by atoms with Gasteiger partial charge in [-0.1, -0.05) is 23.7 Å². The lowest BCUT2D eigenvalue weighted by molar-refractivity contribution is -0.0335. The minimum atomic E-state index is -0.727. The number of methoxy groups -OCH3 is 2. The van der Waals surface area contributed by atoms with Crippen LogP contribution in [0.4, 0.5) is 11.6 Å². The number of aromatic nitrogens is 5. The molecule has 40 heavy (non-hydrogen) atoms. The molecule has 0 aliphatic carbocycles. The van der Waals surface area contributed by atoms with Gasteiger partial charge < -0.3 is 24.3 Å². The molecular formula is C26H25ClN6O7. The van der Waals surface area contributed by atoms with Gasteiger partial charge in [-0.15, -0.1) is 0 Å². The van der Waals surface area contributed by atoms with Crippen molar-refractivity contribution in [1.82, 2.24) is 24.1 Å². The highest BCUT2D eigenvalue weighted by molar-refractivity contribution is 6.30. The number of halogens is 1. The normalized spacial score (nSPS) is 10.8. The van der Waals surface area contributed by atoms with Gasteiger partial charge in [0.05, 0.1) is 39.2 Å². The molecule has 2 heterocycles. The Bertz CT molecular complexity index is 1560. The summed E-state index contributed by atoms with van der Waals surface area (Å²) in [5.41, 5.74) is 0.0789. The van der Waals surface area contributed by atoms with E-state index in [0.717, 1.165) is 10.1 Å². The van der Waals surface area contributed by atoms with Crippen molar-refractivity contribution in [1.29, 1.82) is 0 Å². The lowest BCUT2D eigenvalue weighted by Gasteiger charge is -2.16. The van der Waals surface area contributed by atoms with E-state index < -0.39 is 17.3 Å². The fourth-order valence-corrected chi connectivity index (χ4v) is 3.59. The smallest absolute Gasteiger partial charge is 0.358 e. The summed E-state index contributed by atoms with van der Waals surface area (Å²) in [5.74, 6) is 0.0512. The van der Waals surface area contributed by atoms with Crippen molar-refractivity contribution in [3.8, 4) is 11.6 Å². The molecule has 0 aliphatic rings. The van der Waals surface area contributed by atoms with Crippen LogP contribution in [0, 0.1) is 0 Å². The number of rotatable bonds is 12. The molecule has 0 saturated heterocycles. The van der Waals surface area contributed by atoms with E-state index in [-0.39, 0.29) is 44.0 Å². The maximum Gasteiger partial charge on any atom is 0.358 e. The average Bonchev–Trinajstić information content (AvgIpc) is 2.96. The Hall–Kier alpha value is -4.59. The number of nitrogens with one attached hydrogen (secondary N) is 1. The number of anilines is 2. The van der Waals surface area contributed by atoms with Crippen molar-refractivity contribution in [2.45, 2.75) is 13.1 Å². The Morgan fingerprint density at radius 3 is 2.38 bits per heavy atom. The van der Waals surface area contributed by atoms with E-state index in [4.69, 9.17) is 25.8 Å². The number of hydrogen-bond donors (Lipinski definition) is 1. The van der Waals surface area contributed by atoms with Crippen LogP contribution < -0.4 is 21.4 Å². The molecule has 1 N–H and O–H groups in total. The van der Waals surface area contributed by atoms with Gasteiger partial charge in [0.2, 0.25) is 11.8 Å². The molecule has 0 bridgehead atoms. The average molecular weight is 569 g/mol. The van der Waals surface area contributed by atoms with Crippen LogP contribution in [0.1, 0.15) is 16.1 Å². The number of benzene rings is 2. The van der Waals surface area contributed by atoms with Crippen molar-refractivity contribution < 1.29 is 23.7 Å². The summed E-state index contributed by atoms with van der Waals surface area (Å²) in [5, 5.41) is 3.59. The minimum absolute atomic E-state index is 0.00443. The fraction of sp³-hybridized carbons (Fsp3) is 0.231. The Kier molecular flexibility index (Phi) is 9.57. The second-order valence-corrected chi connectivity index (χ2v) is 8.60. The predicted molar refractivity (Wildman–Crippen MR) is 144 cm³/mol. The van der Waals surface area contributed by atoms with Crippen LogP contribution in [0.3, 0.4) is 0 Å². The number of ether oxygens (including phenoxy) is 4. The fourth-order valence-electron chi connectivity index (χ4n) is 3.46. The molecular weight excluding hydrogens is 544 g/mol. The molecule has 2 aromatic carbocycles. The van der Waals surface area contributed by atoms with Crippen LogP contribution in [0.25, 0.3) is 0 Å². The molecule has 208 valence electrons. The van der Waals surface area contributed by atoms with Gasteiger partial charge in [-0.3, -0.25) is 4.57 Å². The maximum absolute atomic E-state index is 13.3. The summed E-state index contributed by atoms with van der Waals surface area (Å²) >= 11 is 6.00. The first-order valence-corrected chi connectivity index (χ1v) is 12.2. The summed E-state index contributed by atoms with van der Waals surface area (Å²) in [6, 6.07) is 13.6. The number of carbonyl (C=O) groups excluding carboxylic acids is 1. The monoisotopic (exact) mass is 568 g/mol. The van der Waals surface area contributed by atoms with Gasteiger partial charge in [0.25, 0.3) is 0 Å². The van der Waals surface area contributed by atoms with Crippen LogP contribution in [-0.4, -0.2) is 57.7 Å². The maximum atomic E-state index is 13.3. The van der Waals surface area contributed by atoms with Gasteiger partial charge >= 0.3 is 17.3 Å². The summed E-state index contributed by atoms with van der Waals surface area (Å²) < 4.78 is 22.7. The van der Waals surface area contributed by atoms with Crippen molar-refractivity contribution >= 4 is 29.2 Å². The molecule has 0 spiro atoms. The molecule has 0 aliphatic heterocycles. The SMILES string of the molecule is COCOCCn1c(=O)nc(Nc2ccc(Oc3cnc(C(=O)OC)cn3)cc2)n(Cc2ccc(Cl)cc2)c1=O. The van der Waals surface area contributed by atoms with Crippen molar-refractivity contribution in [3.63, 3.8) is 0 Å². The first-order chi connectivity index (χ1) is 19.4. The first-order valence-electron chi connectivity index (χ1n) is 11.9. The standard InChI is InChI=1S/C26H25ClN6O7/c1-37-16-39-12-11-32-25(35)31-24(33(26(32)36)15-17-3-5-18(27)6-4-17)30-19-7-9-20(10-8-19)40-22-14-28-21(13-29-22)23(34)38-2/h3-10,13-14H,11-12,15-16H2,1-2H3,(H,30,31,35). The lowest BCUT2D eigenvalue weighted by Crippen LogP contribution is -2.43. The van der Waals surface area contributed by atoms with Gasteiger partial charge in [-0.25, -0.2) is 28.9 Å². The Labute approximate surface area is 232 Å². The molecule has 14 heteroatoms. The summed E-state index contributed by atoms with van der Waals surface area (Å²) in [4.78, 5) is 49.7. The zero-order valence-electron chi connectivity index (χ0n) is 21.6. The number of hydrogen-bond acceptors (Lipinski definition) is 11. The highest BCUT2D eigenvalue weighted by atomic mass is 35.5. The molecule has 13 nitrogen and oxygen atoms in total. The molecule has 4 aromatic rings. The van der Waals surface area contributed by atoms with Gasteiger partial charge in [-0.05, 0) is 42.0 Å². The summed E-state index contributed by atoms with van der Waals surface area (Å²) in [6.45, 7) is 0.262. The third kappa shape index (κ3) is 7.28. The van der Waals surface area contributed by atoms with E-state index in [1.165, 1.54) is 31.2 Å². The Morgan fingerprint density at radius 1 is 0.975 bits per heavy atom. The van der Waals surface area contributed by atoms with E-state index in [1.807, 2.05) is 0 Å². The molecule has 0 amide bonds. The Morgan fingerprint density at radius 2 is 1.73 bits per heavy atom. The second kappa shape index (κ2) is 13.5. The molecule has 0 radical (unpaired) electrons. The van der Waals surface area contributed by atoms with Gasteiger partial charge in [0.1, 0.15) is 12.5 Å². The van der Waals surface area contributed by atoms with Crippen LogP contribution in [-0.2, 0) is 27.3 Å². The molecule has 0 fully saturated rings. The zero-order chi connectivity index (χ0) is 28.5. The van der Waals surface area contributed by atoms with Crippen LogP contribution in [0.15, 0.2) is 70.5 Å². The summed E-state index contributed by atoms with van der Waals surface area (Å²) in [7, 11) is 2.73. The zero-order valence-corrected chi connectivity index (χ0v) is 22.3. The van der Waals surface area contributed by atoms with E-state index in [0.29, 0.717) is 16.5 Å². The largest absolute Gasteiger partial charge is 0.464 e. The van der Waals surface area contributed by atoms with E-state index >= 15 is 0 Å². The third-order valence-electron chi connectivity index (χ3n) is 5.42. The topological polar surface area (TPSA) is 149 Å². The summed E-state index contributed by atoms with van der Waals surface area (Å²) in [6.07, 6.45) is 2.54. The third-order valence-corrected chi connectivity index (χ3v) is 5.67. The molecule has 0 saturated carbocycles. The number of nitrogens with zero attached hydrogens (tertiary/aromatic N) is 5. The second-order valence-electron chi connectivity index (χ2n) is 8.16. The van der Waals surface area contributed by atoms with E-state index in [1.54, 1.807) is 48.5 Å². The highest BCUT2D eigenvalue weighted by Gasteiger charge is 2.15. The van der Waals surface area contributed by atoms with Gasteiger partial charge in [0.15, 0.2) is 5.69 Å². The van der Waals surface area contributed by atoms with Crippen molar-refractivity contribution in [3.05, 3.63) is 98.2 Å². The first kappa shape index (κ1) is 28.4. The molecule has 2 aromatic heterocycles. The molecule has 4 rings (SSSR count). The van der Waals surface area contributed by atoms with Gasteiger partial charge in [0, 0.05) is 17.8 Å². The van der Waals surface area contributed by atoms with Crippen molar-refractivity contribution in [2.75, 3.05) is 32.9 Å². The molecule has 0 atom stereocenters. The van der Waals surface area contributed by atoms with E-state index in [9.17, 15) is 14.4 Å². The Balaban J connectivity index is 1.56. The lowest BCUT2D eigenvalue weighted by atomic mass is 10.2. The van der Waals surface area contributed by atoms with Crippen LogP contribution in [0.2, 0.25) is 5.02 Å². The van der Waals surface area contributed by atoms with E-state index in [2.05, 4.69) is 25.0 Å². The van der Waals surface area contributed by atoms with Crippen LogP contribution >= 0.6 is 11.6 Å². The highest BCUT2D eigenvalue weighted by Crippen LogP contribution is 2.22.